The van der Waals surface area contributed by atoms with E-state index in [1.807, 2.05) is 0 Å². The van der Waals surface area contributed by atoms with Crippen molar-refractivity contribution in [3.63, 3.8) is 0 Å². The zero-order chi connectivity index (χ0) is 18.5. The maximum atomic E-state index is 14.4. The van der Waals surface area contributed by atoms with Crippen LogP contribution >= 0.6 is 23.5 Å². The standard InChI is InChI=1S/C21H28F2OS2/c1-3-5-14-6-8-15(9-7-14)16-12-25-21(26-13-16)17-10-11-18(24-4-2)20(23)19(17)22/h3,5,10-11,14-16,21H,4,6-9,12-13H2,1-2H3/b5-3+. The van der Waals surface area contributed by atoms with E-state index in [1.165, 1.54) is 25.7 Å². The molecule has 0 spiro atoms. The zero-order valence-corrected chi connectivity index (χ0v) is 17.2. The van der Waals surface area contributed by atoms with Gasteiger partial charge in [-0.1, -0.05) is 18.2 Å². The fourth-order valence-corrected chi connectivity index (χ4v) is 7.40. The summed E-state index contributed by atoms with van der Waals surface area (Å²) in [5.74, 6) is 2.75. The molecule has 0 N–H and O–H groups in total. The minimum atomic E-state index is -0.852. The lowest BCUT2D eigenvalue weighted by atomic mass is 9.77. The molecule has 1 saturated carbocycles. The van der Waals surface area contributed by atoms with E-state index in [0.29, 0.717) is 18.1 Å². The number of rotatable bonds is 5. The molecule has 2 aliphatic rings. The Morgan fingerprint density at radius 2 is 1.73 bits per heavy atom. The molecule has 1 heterocycles. The number of allylic oxidation sites excluding steroid dienone is 2. The van der Waals surface area contributed by atoms with Crippen LogP contribution in [0.2, 0.25) is 0 Å². The third-order valence-electron chi connectivity index (χ3n) is 5.50. The second-order valence-corrected chi connectivity index (χ2v) is 9.75. The molecular formula is C21H28F2OS2. The molecule has 3 rings (SSSR count). The van der Waals surface area contributed by atoms with Crippen molar-refractivity contribution in [2.24, 2.45) is 17.8 Å². The van der Waals surface area contributed by atoms with Gasteiger partial charge >= 0.3 is 0 Å². The molecule has 0 unspecified atom stereocenters. The number of halogens is 2. The smallest absolute Gasteiger partial charge is 0.200 e. The minimum absolute atomic E-state index is 0.00956. The van der Waals surface area contributed by atoms with Crippen LogP contribution in [0.25, 0.3) is 0 Å². The monoisotopic (exact) mass is 398 g/mol. The maximum Gasteiger partial charge on any atom is 0.200 e. The number of hydrogen-bond donors (Lipinski definition) is 0. The highest BCUT2D eigenvalue weighted by molar-refractivity contribution is 8.16. The molecule has 1 nitrogen and oxygen atoms in total. The summed E-state index contributed by atoms with van der Waals surface area (Å²) in [6, 6.07) is 3.25. The molecule has 0 aromatic heterocycles. The van der Waals surface area contributed by atoms with Crippen molar-refractivity contribution in [1.29, 1.82) is 0 Å². The minimum Gasteiger partial charge on any atom is -0.491 e. The predicted molar refractivity (Wildman–Crippen MR) is 109 cm³/mol. The van der Waals surface area contributed by atoms with E-state index in [1.54, 1.807) is 42.6 Å². The molecule has 1 aliphatic heterocycles. The Morgan fingerprint density at radius 1 is 1.04 bits per heavy atom. The molecule has 26 heavy (non-hydrogen) atoms. The van der Waals surface area contributed by atoms with Gasteiger partial charge < -0.3 is 4.74 Å². The molecule has 0 bridgehead atoms. The summed E-state index contributed by atoms with van der Waals surface area (Å²) in [6.45, 7) is 4.20. The van der Waals surface area contributed by atoms with Crippen LogP contribution in [0.4, 0.5) is 8.78 Å². The number of ether oxygens (including phenoxy) is 1. The SMILES string of the molecule is C/C=C/C1CCC(C2CSC(c3ccc(OCC)c(F)c3F)SC2)CC1. The lowest BCUT2D eigenvalue weighted by molar-refractivity contribution is 0.253. The molecule has 5 heteroatoms. The Bertz CT molecular complexity index is 619. The highest BCUT2D eigenvalue weighted by Crippen LogP contribution is 2.50. The van der Waals surface area contributed by atoms with Crippen LogP contribution in [0.5, 0.6) is 5.75 Å². The van der Waals surface area contributed by atoms with E-state index >= 15 is 0 Å². The van der Waals surface area contributed by atoms with Crippen LogP contribution in [0, 0.1) is 29.4 Å². The van der Waals surface area contributed by atoms with Crippen molar-refractivity contribution in [3.8, 4) is 5.75 Å². The van der Waals surface area contributed by atoms with Crippen LogP contribution in [-0.2, 0) is 0 Å². The van der Waals surface area contributed by atoms with E-state index in [0.717, 1.165) is 23.3 Å². The molecule has 1 saturated heterocycles. The van der Waals surface area contributed by atoms with E-state index in [9.17, 15) is 8.78 Å². The normalized spacial score (nSPS) is 29.8. The van der Waals surface area contributed by atoms with Crippen molar-refractivity contribution in [1.82, 2.24) is 0 Å². The average Bonchev–Trinajstić information content (AvgIpc) is 2.67. The maximum absolute atomic E-state index is 14.4. The average molecular weight is 399 g/mol. The molecule has 1 aliphatic carbocycles. The van der Waals surface area contributed by atoms with E-state index in [2.05, 4.69) is 19.1 Å². The summed E-state index contributed by atoms with van der Waals surface area (Å²) >= 11 is 3.55. The van der Waals surface area contributed by atoms with Gasteiger partial charge in [0.2, 0.25) is 5.82 Å². The summed E-state index contributed by atoms with van der Waals surface area (Å²) < 4.78 is 33.7. The van der Waals surface area contributed by atoms with Crippen molar-refractivity contribution >= 4 is 23.5 Å². The van der Waals surface area contributed by atoms with Gasteiger partial charge in [0.05, 0.1) is 11.2 Å². The van der Waals surface area contributed by atoms with Crippen LogP contribution < -0.4 is 4.74 Å². The van der Waals surface area contributed by atoms with E-state index < -0.39 is 11.6 Å². The van der Waals surface area contributed by atoms with Gasteiger partial charge in [-0.2, -0.15) is 4.39 Å². The number of thioether (sulfide) groups is 2. The first kappa shape index (κ1) is 20.1. The van der Waals surface area contributed by atoms with Crippen molar-refractivity contribution < 1.29 is 13.5 Å². The molecule has 0 radical (unpaired) electrons. The van der Waals surface area contributed by atoms with Gasteiger partial charge in [0, 0.05) is 5.56 Å². The first-order valence-corrected chi connectivity index (χ1v) is 11.7. The second-order valence-electron chi connectivity index (χ2n) is 7.17. The molecule has 0 atom stereocenters. The van der Waals surface area contributed by atoms with Gasteiger partial charge in [-0.25, -0.2) is 4.39 Å². The number of hydrogen-bond acceptors (Lipinski definition) is 3. The molecule has 0 amide bonds. The summed E-state index contributed by atoms with van der Waals surface area (Å²) in [6.07, 6.45) is 9.72. The molecule has 1 aromatic rings. The van der Waals surface area contributed by atoms with Gasteiger partial charge in [-0.05, 0) is 74.9 Å². The lowest BCUT2D eigenvalue weighted by Gasteiger charge is -2.37. The highest BCUT2D eigenvalue weighted by Gasteiger charge is 2.33. The Labute approximate surface area is 164 Å². The second kappa shape index (κ2) is 9.50. The van der Waals surface area contributed by atoms with Crippen LogP contribution in [-0.4, -0.2) is 18.1 Å². The van der Waals surface area contributed by atoms with Gasteiger partial charge in [0.15, 0.2) is 11.6 Å². The van der Waals surface area contributed by atoms with Crippen LogP contribution in [0.3, 0.4) is 0 Å². The van der Waals surface area contributed by atoms with Gasteiger partial charge in [-0.3, -0.25) is 0 Å². The lowest BCUT2D eigenvalue weighted by Crippen LogP contribution is -2.27. The summed E-state index contributed by atoms with van der Waals surface area (Å²) in [5, 5.41) is 0. The topological polar surface area (TPSA) is 9.23 Å². The van der Waals surface area contributed by atoms with Crippen molar-refractivity contribution in [3.05, 3.63) is 41.5 Å². The summed E-state index contributed by atoms with van der Waals surface area (Å²) in [5.41, 5.74) is 0.469. The van der Waals surface area contributed by atoms with E-state index in [-0.39, 0.29) is 10.3 Å². The van der Waals surface area contributed by atoms with Gasteiger partial charge in [0.1, 0.15) is 0 Å². The Kier molecular flexibility index (Phi) is 7.33. The molecular weight excluding hydrogens is 370 g/mol. The molecule has 2 fully saturated rings. The predicted octanol–water partition coefficient (Wildman–Crippen LogP) is 6.84. The van der Waals surface area contributed by atoms with Crippen LogP contribution in [0.15, 0.2) is 24.3 Å². The Hall–Kier alpha value is -0.680. The van der Waals surface area contributed by atoms with Crippen LogP contribution in [0.1, 0.15) is 49.7 Å². The first-order chi connectivity index (χ1) is 12.6. The first-order valence-electron chi connectivity index (χ1n) is 9.60. The van der Waals surface area contributed by atoms with Gasteiger partial charge in [-0.15, -0.1) is 23.5 Å². The van der Waals surface area contributed by atoms with E-state index in [4.69, 9.17) is 4.74 Å². The summed E-state index contributed by atoms with van der Waals surface area (Å²) in [7, 11) is 0. The molecule has 1 aromatic carbocycles. The number of benzene rings is 1. The molecule has 144 valence electrons. The zero-order valence-electron chi connectivity index (χ0n) is 15.5. The third-order valence-corrected chi connectivity index (χ3v) is 8.67. The van der Waals surface area contributed by atoms with Gasteiger partial charge in [0.25, 0.3) is 0 Å². The van der Waals surface area contributed by atoms with Crippen molar-refractivity contribution in [2.45, 2.75) is 44.1 Å². The highest BCUT2D eigenvalue weighted by atomic mass is 32.2. The third kappa shape index (κ3) is 4.59. The quantitative estimate of drug-likeness (QED) is 0.503. The largest absolute Gasteiger partial charge is 0.491 e. The summed E-state index contributed by atoms with van der Waals surface area (Å²) in [4.78, 5) is 0. The fraction of sp³-hybridized carbons (Fsp3) is 0.619. The Morgan fingerprint density at radius 3 is 2.35 bits per heavy atom. The Balaban J connectivity index is 1.57. The fourth-order valence-electron chi connectivity index (χ4n) is 4.05. The van der Waals surface area contributed by atoms with Crippen molar-refractivity contribution in [2.75, 3.05) is 18.1 Å².